The van der Waals surface area contributed by atoms with Gasteiger partial charge in [-0.2, -0.15) is 0 Å². The molecular weight excluding hydrogens is 268 g/mol. The van der Waals surface area contributed by atoms with Crippen molar-refractivity contribution in [3.05, 3.63) is 22.7 Å². The molecule has 6 heteroatoms. The first-order chi connectivity index (χ1) is 9.10. The van der Waals surface area contributed by atoms with Crippen LogP contribution in [0.25, 0.3) is 0 Å². The first kappa shape index (κ1) is 12.7. The van der Waals surface area contributed by atoms with Crippen molar-refractivity contribution in [1.29, 1.82) is 0 Å². The molecule has 0 aromatic heterocycles. The molecule has 1 amide bonds. The first-order valence-corrected chi connectivity index (χ1v) is 6.66. The maximum atomic E-state index is 11.4. The van der Waals surface area contributed by atoms with Gasteiger partial charge in [-0.3, -0.25) is 4.79 Å². The lowest BCUT2D eigenvalue weighted by Gasteiger charge is -2.21. The Morgan fingerprint density at radius 3 is 2.95 bits per heavy atom. The molecule has 1 saturated heterocycles. The number of aliphatic hydroxyl groups is 2. The van der Waals surface area contributed by atoms with E-state index in [9.17, 15) is 15.0 Å². The Bertz CT molecular complexity index is 535. The van der Waals surface area contributed by atoms with Gasteiger partial charge in [-0.25, -0.2) is 0 Å². The summed E-state index contributed by atoms with van der Waals surface area (Å²) in [5.41, 5.74) is 1.98. The summed E-state index contributed by atoms with van der Waals surface area (Å²) in [6.07, 6.45) is -0.205. The molecule has 19 heavy (non-hydrogen) atoms. The zero-order chi connectivity index (χ0) is 13.6. The van der Waals surface area contributed by atoms with E-state index in [-0.39, 0.29) is 12.5 Å². The molecule has 2 unspecified atom stereocenters. The fourth-order valence-electron chi connectivity index (χ4n) is 2.70. The van der Waals surface area contributed by atoms with Crippen LogP contribution < -0.4 is 10.2 Å². The minimum absolute atomic E-state index is 0.175. The van der Waals surface area contributed by atoms with Gasteiger partial charge in [0.1, 0.15) is 0 Å². The molecule has 0 bridgehead atoms. The molecule has 2 heterocycles. The van der Waals surface area contributed by atoms with E-state index in [1.807, 2.05) is 0 Å². The molecule has 3 N–H and O–H groups in total. The van der Waals surface area contributed by atoms with Crippen molar-refractivity contribution in [1.82, 2.24) is 0 Å². The Hall–Kier alpha value is -1.30. The average Bonchev–Trinajstić information content (AvgIpc) is 2.96. The highest BCUT2D eigenvalue weighted by Crippen LogP contribution is 2.40. The third kappa shape index (κ3) is 2.08. The van der Waals surface area contributed by atoms with Gasteiger partial charge in [-0.15, -0.1) is 0 Å². The highest BCUT2D eigenvalue weighted by molar-refractivity contribution is 6.33. The van der Waals surface area contributed by atoms with Crippen molar-refractivity contribution >= 4 is 28.9 Å². The summed E-state index contributed by atoms with van der Waals surface area (Å²) < 4.78 is 0. The van der Waals surface area contributed by atoms with Crippen LogP contribution in [0.3, 0.4) is 0 Å². The van der Waals surface area contributed by atoms with Gasteiger partial charge >= 0.3 is 0 Å². The number of hydrogen-bond acceptors (Lipinski definition) is 4. The highest BCUT2D eigenvalue weighted by Gasteiger charge is 2.31. The summed E-state index contributed by atoms with van der Waals surface area (Å²) in [4.78, 5) is 13.5. The SMILES string of the molecule is O=C1Nc2cc(N3CCC(CO)C3)c(Cl)cc2C1O. The van der Waals surface area contributed by atoms with E-state index >= 15 is 0 Å². The van der Waals surface area contributed by atoms with Crippen molar-refractivity contribution in [3.63, 3.8) is 0 Å². The van der Waals surface area contributed by atoms with Crippen molar-refractivity contribution in [2.45, 2.75) is 12.5 Å². The number of anilines is 2. The molecule has 5 nitrogen and oxygen atoms in total. The number of carbonyl (C=O) groups excluding carboxylic acids is 1. The Kier molecular flexibility index (Phi) is 3.12. The van der Waals surface area contributed by atoms with Crippen LogP contribution in [0.2, 0.25) is 5.02 Å². The summed E-state index contributed by atoms with van der Waals surface area (Å²) in [6.45, 7) is 1.76. The Morgan fingerprint density at radius 1 is 1.47 bits per heavy atom. The first-order valence-electron chi connectivity index (χ1n) is 6.28. The number of amides is 1. The lowest BCUT2D eigenvalue weighted by molar-refractivity contribution is -0.123. The van der Waals surface area contributed by atoms with E-state index in [2.05, 4.69) is 10.2 Å². The largest absolute Gasteiger partial charge is 0.396 e. The average molecular weight is 283 g/mol. The zero-order valence-corrected chi connectivity index (χ0v) is 11.0. The number of nitrogens with one attached hydrogen (secondary N) is 1. The lowest BCUT2D eigenvalue weighted by atomic mass is 10.1. The fourth-order valence-corrected chi connectivity index (χ4v) is 2.99. The number of benzene rings is 1. The van der Waals surface area contributed by atoms with Gasteiger partial charge in [-0.05, 0) is 18.6 Å². The van der Waals surface area contributed by atoms with Gasteiger partial charge in [0.05, 0.1) is 10.7 Å². The van der Waals surface area contributed by atoms with Crippen molar-refractivity contribution in [2.75, 3.05) is 29.9 Å². The predicted octanol–water partition coefficient (Wildman–Crippen LogP) is 1.14. The summed E-state index contributed by atoms with van der Waals surface area (Å²) >= 11 is 6.24. The quantitative estimate of drug-likeness (QED) is 0.761. The molecule has 2 aliphatic heterocycles. The third-order valence-corrected chi connectivity index (χ3v) is 4.11. The van der Waals surface area contributed by atoms with Gasteiger partial charge < -0.3 is 20.4 Å². The van der Waals surface area contributed by atoms with Gasteiger partial charge in [0, 0.05) is 36.9 Å². The minimum atomic E-state index is -1.13. The lowest BCUT2D eigenvalue weighted by Crippen LogP contribution is -2.21. The zero-order valence-electron chi connectivity index (χ0n) is 10.3. The van der Waals surface area contributed by atoms with Crippen LogP contribution in [-0.2, 0) is 4.79 Å². The third-order valence-electron chi connectivity index (χ3n) is 3.80. The number of aliphatic hydroxyl groups excluding tert-OH is 2. The van der Waals surface area contributed by atoms with Crippen LogP contribution in [0.5, 0.6) is 0 Å². The normalized spacial score (nSPS) is 25.6. The second-order valence-electron chi connectivity index (χ2n) is 5.07. The summed E-state index contributed by atoms with van der Waals surface area (Å²) in [6, 6.07) is 3.44. The van der Waals surface area contributed by atoms with Gasteiger partial charge in [0.15, 0.2) is 6.10 Å². The molecule has 3 rings (SSSR count). The number of carbonyl (C=O) groups is 1. The predicted molar refractivity (Wildman–Crippen MR) is 72.4 cm³/mol. The monoisotopic (exact) mass is 282 g/mol. The maximum absolute atomic E-state index is 11.4. The molecule has 0 spiro atoms. The van der Waals surface area contributed by atoms with E-state index in [1.54, 1.807) is 12.1 Å². The molecule has 1 aromatic rings. The second-order valence-corrected chi connectivity index (χ2v) is 5.47. The Balaban J connectivity index is 1.92. The van der Waals surface area contributed by atoms with E-state index in [4.69, 9.17) is 11.6 Å². The van der Waals surface area contributed by atoms with Crippen molar-refractivity contribution in [2.24, 2.45) is 5.92 Å². The van der Waals surface area contributed by atoms with Gasteiger partial charge in [0.25, 0.3) is 5.91 Å². The number of fused-ring (bicyclic) bond motifs is 1. The topological polar surface area (TPSA) is 72.8 Å². The van der Waals surface area contributed by atoms with E-state index in [1.165, 1.54) is 0 Å². The van der Waals surface area contributed by atoms with Crippen LogP contribution in [0.15, 0.2) is 12.1 Å². The van der Waals surface area contributed by atoms with E-state index < -0.39 is 12.0 Å². The number of hydrogen-bond donors (Lipinski definition) is 3. The van der Waals surface area contributed by atoms with E-state index in [0.717, 1.165) is 25.2 Å². The molecule has 0 saturated carbocycles. The molecule has 1 fully saturated rings. The van der Waals surface area contributed by atoms with Crippen molar-refractivity contribution < 1.29 is 15.0 Å². The van der Waals surface area contributed by atoms with Crippen LogP contribution in [-0.4, -0.2) is 35.8 Å². The maximum Gasteiger partial charge on any atom is 0.257 e. The molecule has 1 aromatic carbocycles. The molecular formula is C13H15ClN2O3. The summed E-state index contributed by atoms with van der Waals surface area (Å²) in [5.74, 6) is -0.151. The number of rotatable bonds is 2. The Labute approximate surface area is 115 Å². The van der Waals surface area contributed by atoms with E-state index in [0.29, 0.717) is 16.3 Å². The van der Waals surface area contributed by atoms with Crippen LogP contribution in [0.1, 0.15) is 18.1 Å². The Morgan fingerprint density at radius 2 is 2.26 bits per heavy atom. The van der Waals surface area contributed by atoms with Crippen LogP contribution in [0.4, 0.5) is 11.4 Å². The molecule has 2 atom stereocenters. The molecule has 2 aliphatic rings. The van der Waals surface area contributed by atoms with Crippen LogP contribution in [0, 0.1) is 5.92 Å². The smallest absolute Gasteiger partial charge is 0.257 e. The molecule has 102 valence electrons. The number of nitrogens with zero attached hydrogens (tertiary/aromatic N) is 1. The van der Waals surface area contributed by atoms with Crippen LogP contribution >= 0.6 is 11.6 Å². The molecule has 0 aliphatic carbocycles. The van der Waals surface area contributed by atoms with Gasteiger partial charge in [0.2, 0.25) is 0 Å². The van der Waals surface area contributed by atoms with Crippen molar-refractivity contribution in [3.8, 4) is 0 Å². The standard InChI is InChI=1S/C13H15ClN2O3/c14-9-3-8-10(15-13(19)12(8)18)4-11(9)16-2-1-7(5-16)6-17/h3-4,7,12,17-18H,1-2,5-6H2,(H,15,19). The minimum Gasteiger partial charge on any atom is -0.396 e. The fraction of sp³-hybridized carbons (Fsp3) is 0.462. The highest BCUT2D eigenvalue weighted by atomic mass is 35.5. The van der Waals surface area contributed by atoms with Gasteiger partial charge in [-0.1, -0.05) is 11.6 Å². The summed E-state index contributed by atoms with van der Waals surface area (Å²) in [5, 5.41) is 22.0. The number of halogens is 1. The second kappa shape index (κ2) is 4.67. The summed E-state index contributed by atoms with van der Waals surface area (Å²) in [7, 11) is 0. The molecule has 0 radical (unpaired) electrons.